The summed E-state index contributed by atoms with van der Waals surface area (Å²) in [7, 11) is 1.47. The number of carbonyl (C=O) groups excluding carboxylic acids is 2. The van der Waals surface area contributed by atoms with Crippen LogP contribution in [0.4, 0.5) is 4.79 Å². The summed E-state index contributed by atoms with van der Waals surface area (Å²) in [4.78, 5) is 24.5. The Labute approximate surface area is 147 Å². The Morgan fingerprint density at radius 3 is 2.44 bits per heavy atom. The molecule has 0 heterocycles. The first kappa shape index (κ1) is 18.7. The highest BCUT2D eigenvalue weighted by molar-refractivity contribution is 6.27. The maximum atomic E-state index is 12.4. The predicted molar refractivity (Wildman–Crippen MR) is 96.3 cm³/mol. The topological polar surface area (TPSA) is 79.2 Å². The molecule has 6 nitrogen and oxygen atoms in total. The highest BCUT2D eigenvalue weighted by atomic mass is 16.6. The Hall–Kier alpha value is -2.63. The fraction of sp³-hybridized carbons (Fsp3) is 0.421. The minimum absolute atomic E-state index is 0.110. The van der Waals surface area contributed by atoms with E-state index in [1.807, 2.05) is 6.07 Å². The summed E-state index contributed by atoms with van der Waals surface area (Å²) in [5.41, 5.74) is 0.470. The number of Topliss-reactive ketones (excluding diaryl/α,β-unsaturated/α-hetero) is 1. The van der Waals surface area contributed by atoms with Crippen molar-refractivity contribution in [2.75, 3.05) is 7.05 Å². The minimum Gasteiger partial charge on any atom is -0.506 e. The Balaban J connectivity index is 2.37. The van der Waals surface area contributed by atoms with E-state index < -0.39 is 11.7 Å². The van der Waals surface area contributed by atoms with Gasteiger partial charge in [0.05, 0.1) is 11.3 Å². The zero-order valence-corrected chi connectivity index (χ0v) is 15.1. The standard InChI is InChI=1S/C19H24N2O4/c1-19(2,3)25-18(24)21(4)20-14-11-8-12-15(22)16(14)17(23)13-9-6-5-7-10-13/h5-7,9-10,23H,8,11-12H2,1-4H3. The third-order valence-electron chi connectivity index (χ3n) is 3.60. The van der Waals surface area contributed by atoms with E-state index in [0.717, 1.165) is 5.01 Å². The van der Waals surface area contributed by atoms with Crippen molar-refractivity contribution in [3.05, 3.63) is 41.5 Å². The fourth-order valence-electron chi connectivity index (χ4n) is 2.49. The lowest BCUT2D eigenvalue weighted by molar-refractivity contribution is -0.115. The van der Waals surface area contributed by atoms with Crippen LogP contribution >= 0.6 is 0 Å². The van der Waals surface area contributed by atoms with Gasteiger partial charge in [0.25, 0.3) is 0 Å². The molecule has 0 bridgehead atoms. The molecule has 1 aliphatic rings. The van der Waals surface area contributed by atoms with E-state index in [4.69, 9.17) is 4.74 Å². The molecule has 0 aromatic heterocycles. The van der Waals surface area contributed by atoms with Crippen LogP contribution in [0.25, 0.3) is 5.76 Å². The van der Waals surface area contributed by atoms with E-state index in [1.54, 1.807) is 45.0 Å². The van der Waals surface area contributed by atoms with Crippen LogP contribution in [0.1, 0.15) is 45.6 Å². The van der Waals surface area contributed by atoms with Crippen molar-refractivity contribution in [2.24, 2.45) is 5.10 Å². The lowest BCUT2D eigenvalue weighted by Crippen LogP contribution is -2.33. The number of aliphatic hydroxyl groups is 1. The van der Waals surface area contributed by atoms with Crippen molar-refractivity contribution in [3.63, 3.8) is 0 Å². The third kappa shape index (κ3) is 4.92. The average molecular weight is 344 g/mol. The van der Waals surface area contributed by atoms with Gasteiger partial charge >= 0.3 is 6.09 Å². The Bertz CT molecular complexity index is 715. The van der Waals surface area contributed by atoms with Crippen LogP contribution in [0.15, 0.2) is 41.0 Å². The quantitative estimate of drug-likeness (QED) is 0.501. The summed E-state index contributed by atoms with van der Waals surface area (Å²) >= 11 is 0. The average Bonchev–Trinajstić information content (AvgIpc) is 2.53. The summed E-state index contributed by atoms with van der Waals surface area (Å²) in [5, 5.41) is 15.9. The molecule has 1 saturated carbocycles. The van der Waals surface area contributed by atoms with Gasteiger partial charge in [-0.05, 0) is 33.6 Å². The first-order chi connectivity index (χ1) is 11.7. The zero-order chi connectivity index (χ0) is 18.6. The summed E-state index contributed by atoms with van der Waals surface area (Å²) in [6.45, 7) is 5.30. The van der Waals surface area contributed by atoms with E-state index in [0.29, 0.717) is 30.5 Å². The molecule has 1 aromatic carbocycles. The first-order valence-electron chi connectivity index (χ1n) is 8.25. The molecule has 0 saturated heterocycles. The SMILES string of the molecule is CN(N=C1CCCC(=O)C1=C(O)c1ccccc1)C(=O)OC(C)(C)C. The van der Waals surface area contributed by atoms with Gasteiger partial charge < -0.3 is 9.84 Å². The van der Waals surface area contributed by atoms with Gasteiger partial charge in [-0.3, -0.25) is 4.79 Å². The monoisotopic (exact) mass is 344 g/mol. The number of hydrogen-bond donors (Lipinski definition) is 1. The lowest BCUT2D eigenvalue weighted by atomic mass is 9.89. The Kier molecular flexibility index (Phi) is 5.62. The molecule has 1 amide bonds. The molecule has 0 spiro atoms. The maximum absolute atomic E-state index is 12.4. The van der Waals surface area contributed by atoms with Crippen LogP contribution in [0, 0.1) is 0 Å². The smallest absolute Gasteiger partial charge is 0.430 e. The van der Waals surface area contributed by atoms with Gasteiger partial charge in [-0.25, -0.2) is 9.80 Å². The second-order valence-corrected chi connectivity index (χ2v) is 6.92. The van der Waals surface area contributed by atoms with E-state index in [9.17, 15) is 14.7 Å². The van der Waals surface area contributed by atoms with Crippen molar-refractivity contribution < 1.29 is 19.4 Å². The number of amides is 1. The van der Waals surface area contributed by atoms with Gasteiger partial charge in [0.1, 0.15) is 11.4 Å². The maximum Gasteiger partial charge on any atom is 0.430 e. The van der Waals surface area contributed by atoms with Crippen molar-refractivity contribution in [3.8, 4) is 0 Å². The summed E-state index contributed by atoms with van der Waals surface area (Å²) in [6.07, 6.45) is 0.870. The second kappa shape index (κ2) is 7.51. The molecular formula is C19H24N2O4. The normalized spacial score (nSPS) is 18.9. The molecule has 1 fully saturated rings. The summed E-state index contributed by atoms with van der Waals surface area (Å²) in [6, 6.07) is 8.83. The molecule has 1 N–H and O–H groups in total. The van der Waals surface area contributed by atoms with Crippen molar-refractivity contribution in [1.29, 1.82) is 0 Å². The fourth-order valence-corrected chi connectivity index (χ4v) is 2.49. The molecule has 25 heavy (non-hydrogen) atoms. The van der Waals surface area contributed by atoms with Gasteiger partial charge in [0.15, 0.2) is 5.78 Å². The molecule has 0 atom stereocenters. The lowest BCUT2D eigenvalue weighted by Gasteiger charge is -2.24. The van der Waals surface area contributed by atoms with Crippen LogP contribution < -0.4 is 0 Å². The van der Waals surface area contributed by atoms with Crippen molar-refractivity contribution >= 4 is 23.3 Å². The van der Waals surface area contributed by atoms with Crippen molar-refractivity contribution in [1.82, 2.24) is 5.01 Å². The largest absolute Gasteiger partial charge is 0.506 e. The van der Waals surface area contributed by atoms with E-state index in [-0.39, 0.29) is 17.1 Å². The number of ether oxygens (including phenoxy) is 1. The molecule has 0 radical (unpaired) electrons. The third-order valence-corrected chi connectivity index (χ3v) is 3.60. The van der Waals surface area contributed by atoms with Crippen LogP contribution in [-0.2, 0) is 9.53 Å². The number of aliphatic hydroxyl groups excluding tert-OH is 1. The molecule has 2 rings (SSSR count). The van der Waals surface area contributed by atoms with Crippen LogP contribution in [0.5, 0.6) is 0 Å². The van der Waals surface area contributed by atoms with E-state index in [2.05, 4.69) is 5.10 Å². The van der Waals surface area contributed by atoms with Gasteiger partial charge in [0, 0.05) is 19.0 Å². The predicted octanol–water partition coefficient (Wildman–Crippen LogP) is 3.93. The molecule has 0 unspecified atom stereocenters. The zero-order valence-electron chi connectivity index (χ0n) is 15.1. The molecule has 134 valence electrons. The van der Waals surface area contributed by atoms with Crippen LogP contribution in [0.2, 0.25) is 0 Å². The van der Waals surface area contributed by atoms with Gasteiger partial charge in [-0.1, -0.05) is 30.3 Å². The number of hydrazone groups is 1. The highest BCUT2D eigenvalue weighted by Gasteiger charge is 2.28. The molecular weight excluding hydrogens is 320 g/mol. The number of benzene rings is 1. The van der Waals surface area contributed by atoms with Crippen LogP contribution in [-0.4, -0.2) is 40.4 Å². The van der Waals surface area contributed by atoms with Crippen LogP contribution in [0.3, 0.4) is 0 Å². The Morgan fingerprint density at radius 1 is 1.20 bits per heavy atom. The van der Waals surface area contributed by atoms with Crippen molar-refractivity contribution in [2.45, 2.75) is 45.6 Å². The number of allylic oxidation sites excluding steroid dienone is 1. The number of hydrogen-bond acceptors (Lipinski definition) is 5. The molecule has 6 heteroatoms. The number of ketones is 1. The summed E-state index contributed by atoms with van der Waals surface area (Å²) < 4.78 is 5.26. The number of carbonyl (C=O) groups is 2. The minimum atomic E-state index is -0.640. The van der Waals surface area contributed by atoms with E-state index in [1.165, 1.54) is 7.05 Å². The molecule has 0 aliphatic heterocycles. The van der Waals surface area contributed by atoms with E-state index >= 15 is 0 Å². The highest BCUT2D eigenvalue weighted by Crippen LogP contribution is 2.26. The second-order valence-electron chi connectivity index (χ2n) is 6.92. The summed E-state index contributed by atoms with van der Waals surface area (Å²) in [5.74, 6) is -0.286. The number of rotatable bonds is 2. The molecule has 1 aliphatic carbocycles. The first-order valence-corrected chi connectivity index (χ1v) is 8.25. The van der Waals surface area contributed by atoms with Gasteiger partial charge in [-0.15, -0.1) is 0 Å². The van der Waals surface area contributed by atoms with Gasteiger partial charge in [0.2, 0.25) is 0 Å². The van der Waals surface area contributed by atoms with Gasteiger partial charge in [-0.2, -0.15) is 5.10 Å². The molecule has 1 aromatic rings. The Morgan fingerprint density at radius 2 is 1.84 bits per heavy atom. The number of nitrogens with zero attached hydrogens (tertiary/aromatic N) is 2.